The normalized spacial score (nSPS) is 13.2. The number of nitrogens with two attached hydrogens (primary N) is 1. The van der Waals surface area contributed by atoms with E-state index in [1.54, 1.807) is 6.07 Å². The van der Waals surface area contributed by atoms with Crippen molar-refractivity contribution in [3.05, 3.63) is 29.8 Å². The lowest BCUT2D eigenvalue weighted by Crippen LogP contribution is -2.44. The van der Waals surface area contributed by atoms with Crippen molar-refractivity contribution in [3.63, 3.8) is 0 Å². The average molecular weight is 526 g/mol. The molecule has 5 N–H and O–H groups in total. The Hall–Kier alpha value is -3.78. The molecule has 1 fully saturated rings. The number of benzene rings is 1. The molecule has 37 heavy (non-hydrogen) atoms. The highest BCUT2D eigenvalue weighted by atomic mass is 19.1. The number of hydrazine groups is 1. The number of hydrogen-bond donors (Lipinski definition) is 4. The molecule has 14 heteroatoms. The summed E-state index contributed by atoms with van der Waals surface area (Å²) in [5, 5.41) is 26.5. The van der Waals surface area contributed by atoms with Gasteiger partial charge in [-0.25, -0.2) is 10.2 Å². The van der Waals surface area contributed by atoms with Gasteiger partial charge in [-0.15, -0.1) is 0 Å². The first-order valence-corrected chi connectivity index (χ1v) is 11.6. The molecule has 0 aliphatic carbocycles. The van der Waals surface area contributed by atoms with E-state index < -0.39 is 11.8 Å². The number of carbonyl (C=O) groups is 2. The van der Waals surface area contributed by atoms with Gasteiger partial charge in [-0.2, -0.15) is 4.98 Å². The predicted octanol–water partition coefficient (Wildman–Crippen LogP) is 2.39. The number of nitrogens with zero attached hydrogens (tertiary/aromatic N) is 5. The molecule has 0 amide bonds. The number of carboxylic acids is 1. The highest BCUT2D eigenvalue weighted by molar-refractivity contribution is 5.75. The van der Waals surface area contributed by atoms with Crippen LogP contribution in [0.1, 0.15) is 45.4 Å². The number of anilines is 2. The summed E-state index contributed by atoms with van der Waals surface area (Å²) in [6.07, 6.45) is 2.88. The minimum Gasteiger partial charge on any atom is -0.489 e. The zero-order valence-electron chi connectivity index (χ0n) is 21.5. The second kappa shape index (κ2) is 16.1. The van der Waals surface area contributed by atoms with Gasteiger partial charge in [-0.05, 0) is 32.0 Å². The van der Waals surface area contributed by atoms with Gasteiger partial charge in [-0.1, -0.05) is 19.0 Å². The third-order valence-corrected chi connectivity index (χ3v) is 5.36. The second-order valence-corrected chi connectivity index (χ2v) is 8.41. The first-order chi connectivity index (χ1) is 17.5. The fraction of sp³-hybridized carbons (Fsp3) is 0.522. The highest BCUT2D eigenvalue weighted by Gasteiger charge is 2.25. The molecule has 0 unspecified atom stereocenters. The smallest absolute Gasteiger partial charge is 0.324 e. The molecule has 1 aliphatic rings. The van der Waals surface area contributed by atoms with Crippen molar-refractivity contribution in [2.24, 2.45) is 5.84 Å². The van der Waals surface area contributed by atoms with Crippen LogP contribution in [0.4, 0.5) is 16.1 Å². The first-order valence-electron chi connectivity index (χ1n) is 11.6. The summed E-state index contributed by atoms with van der Waals surface area (Å²) in [7, 11) is 2.06. The number of hydrogen-bond acceptors (Lipinski definition) is 10. The Morgan fingerprint density at radius 1 is 1.41 bits per heavy atom. The molecule has 2 aromatic rings. The Bertz CT molecular complexity index is 978. The molecule has 1 aliphatic heterocycles. The van der Waals surface area contributed by atoms with Gasteiger partial charge in [0, 0.05) is 44.6 Å². The summed E-state index contributed by atoms with van der Waals surface area (Å²) in [6, 6.07) is 5.42. The number of nitrogens with one attached hydrogen (secondary N) is 1. The second-order valence-electron chi connectivity index (χ2n) is 8.41. The summed E-state index contributed by atoms with van der Waals surface area (Å²) in [5.41, 5.74) is 0.389. The van der Waals surface area contributed by atoms with Gasteiger partial charge in [0.1, 0.15) is 12.9 Å². The van der Waals surface area contributed by atoms with Crippen LogP contribution in [0.2, 0.25) is 0 Å². The standard InChI is InChI=1S/C20H30FN7O2.C2H4O2.CH2O2/c1-14(2)19-24-20(30-25-19)27-8-6-15(7-9-27)26(3)10-11-29-18-5-4-16(12-17(18)21)28(23)13-22;1-2(3)4;2-1-3/h4-5,12-15,22H,6-11,23H2,1-3H3;1H3,(H,3,4);1H,(H,2,3). The van der Waals surface area contributed by atoms with E-state index in [4.69, 9.17) is 40.3 Å². The largest absolute Gasteiger partial charge is 0.489 e. The van der Waals surface area contributed by atoms with Crippen LogP contribution in [0, 0.1) is 11.2 Å². The molecule has 1 aromatic heterocycles. The van der Waals surface area contributed by atoms with Gasteiger partial charge in [0.05, 0.1) is 5.69 Å². The van der Waals surface area contributed by atoms with Crippen molar-refractivity contribution in [1.29, 1.82) is 5.41 Å². The maximum atomic E-state index is 14.2. The molecule has 0 atom stereocenters. The summed E-state index contributed by atoms with van der Waals surface area (Å²) in [5.74, 6) is 5.38. The molecule has 1 aromatic carbocycles. The van der Waals surface area contributed by atoms with Crippen LogP contribution in [0.5, 0.6) is 5.75 Å². The number of aliphatic carboxylic acids is 1. The zero-order valence-corrected chi connectivity index (χ0v) is 21.5. The maximum absolute atomic E-state index is 14.2. The van der Waals surface area contributed by atoms with E-state index in [1.807, 2.05) is 13.8 Å². The SMILES string of the molecule is CC(=O)O.CC(C)c1noc(N2CCC(N(C)CCOc3ccc(N(N)C=N)cc3F)CC2)n1.O=CO. The van der Waals surface area contributed by atoms with Gasteiger partial charge in [0.25, 0.3) is 12.4 Å². The van der Waals surface area contributed by atoms with Crippen molar-refractivity contribution in [3.8, 4) is 5.75 Å². The molecule has 13 nitrogen and oxygen atoms in total. The summed E-state index contributed by atoms with van der Waals surface area (Å²) < 4.78 is 25.2. The van der Waals surface area contributed by atoms with Gasteiger partial charge in [0.15, 0.2) is 17.4 Å². The van der Waals surface area contributed by atoms with Crippen molar-refractivity contribution >= 4 is 30.5 Å². The summed E-state index contributed by atoms with van der Waals surface area (Å²) in [6.45, 7) is 7.70. The third kappa shape index (κ3) is 10.8. The molecule has 2 heterocycles. The highest BCUT2D eigenvalue weighted by Crippen LogP contribution is 2.24. The van der Waals surface area contributed by atoms with Gasteiger partial charge in [-0.3, -0.25) is 24.9 Å². The van der Waals surface area contributed by atoms with Crippen LogP contribution in [0.25, 0.3) is 0 Å². The van der Waals surface area contributed by atoms with E-state index in [1.165, 1.54) is 12.1 Å². The number of carboxylic acid groups (broad SMARTS) is 2. The van der Waals surface area contributed by atoms with Gasteiger partial charge in [0.2, 0.25) is 0 Å². The lowest BCUT2D eigenvalue weighted by molar-refractivity contribution is -0.134. The van der Waals surface area contributed by atoms with Crippen LogP contribution in [-0.2, 0) is 9.59 Å². The van der Waals surface area contributed by atoms with E-state index in [0.717, 1.165) is 50.0 Å². The topological polar surface area (TPSA) is 182 Å². The number of halogens is 1. The maximum Gasteiger partial charge on any atom is 0.324 e. The van der Waals surface area contributed by atoms with Crippen molar-refractivity contribution in [2.75, 3.05) is 43.2 Å². The van der Waals surface area contributed by atoms with E-state index in [9.17, 15) is 4.39 Å². The Kier molecular flexibility index (Phi) is 13.6. The first kappa shape index (κ1) is 31.3. The van der Waals surface area contributed by atoms with Crippen LogP contribution in [0.3, 0.4) is 0 Å². The van der Waals surface area contributed by atoms with E-state index >= 15 is 0 Å². The molecule has 0 bridgehead atoms. The van der Waals surface area contributed by atoms with Crippen molar-refractivity contribution < 1.29 is 33.5 Å². The molecule has 206 valence electrons. The number of likely N-dealkylation sites (N-methyl/N-ethyl adjacent to an activating group) is 1. The molecular formula is C23H36FN7O6. The van der Waals surface area contributed by atoms with E-state index in [0.29, 0.717) is 30.9 Å². The minimum absolute atomic E-state index is 0.178. The van der Waals surface area contributed by atoms with Crippen LogP contribution < -0.4 is 20.5 Å². The predicted molar refractivity (Wildman–Crippen MR) is 136 cm³/mol. The minimum atomic E-state index is -0.833. The number of ether oxygens (including phenoxy) is 1. The summed E-state index contributed by atoms with van der Waals surface area (Å²) >= 11 is 0. The Labute approximate surface area is 215 Å². The van der Waals surface area contributed by atoms with Crippen molar-refractivity contribution in [2.45, 2.75) is 45.6 Å². The van der Waals surface area contributed by atoms with Crippen LogP contribution in [-0.4, -0.2) is 83.4 Å². The third-order valence-electron chi connectivity index (χ3n) is 5.36. The molecule has 3 rings (SSSR count). The lowest BCUT2D eigenvalue weighted by atomic mass is 10.0. The van der Waals surface area contributed by atoms with Crippen LogP contribution in [0.15, 0.2) is 22.7 Å². The van der Waals surface area contributed by atoms with Crippen molar-refractivity contribution in [1.82, 2.24) is 15.0 Å². The quantitative estimate of drug-likeness (QED) is 0.123. The molecule has 1 saturated heterocycles. The summed E-state index contributed by atoms with van der Waals surface area (Å²) in [4.78, 5) is 26.2. The fourth-order valence-electron chi connectivity index (χ4n) is 3.41. The average Bonchev–Trinajstić information content (AvgIpc) is 3.35. The van der Waals surface area contributed by atoms with Crippen LogP contribution >= 0.6 is 0 Å². The van der Waals surface area contributed by atoms with Gasteiger partial charge >= 0.3 is 6.01 Å². The molecule has 0 spiro atoms. The monoisotopic (exact) mass is 525 g/mol. The number of aromatic nitrogens is 2. The zero-order chi connectivity index (χ0) is 28.0. The fourth-order valence-corrected chi connectivity index (χ4v) is 3.41. The lowest BCUT2D eigenvalue weighted by Gasteiger charge is -2.35. The molecule has 0 radical (unpaired) electrons. The van der Waals surface area contributed by atoms with E-state index in [-0.39, 0.29) is 18.1 Å². The van der Waals surface area contributed by atoms with Gasteiger partial charge < -0.3 is 24.4 Å². The molecular weight excluding hydrogens is 489 g/mol. The Balaban J connectivity index is 0.000000873. The van der Waals surface area contributed by atoms with E-state index in [2.05, 4.69) is 27.0 Å². The molecule has 0 saturated carbocycles. The number of piperidine rings is 1. The Morgan fingerprint density at radius 2 is 2.00 bits per heavy atom. The Morgan fingerprint density at radius 3 is 2.49 bits per heavy atom. The number of rotatable bonds is 9.